The average molecular weight is 449 g/mol. The first-order valence-electron chi connectivity index (χ1n) is 7.90. The molecule has 3 aliphatic rings. The van der Waals surface area contributed by atoms with Crippen LogP contribution in [0.15, 0.2) is 20.8 Å². The van der Waals surface area contributed by atoms with Crippen molar-refractivity contribution in [1.82, 2.24) is 10.2 Å². The molecule has 3 aliphatic heterocycles. The summed E-state index contributed by atoms with van der Waals surface area (Å²) in [6.45, 7) is 1.75. The van der Waals surface area contributed by atoms with Gasteiger partial charge in [0.25, 0.3) is 0 Å². The predicted molar refractivity (Wildman–Crippen MR) is 99.2 cm³/mol. The van der Waals surface area contributed by atoms with Crippen molar-refractivity contribution in [2.24, 2.45) is 4.99 Å². The van der Waals surface area contributed by atoms with Crippen LogP contribution in [0.5, 0.6) is 5.75 Å². The van der Waals surface area contributed by atoms with Gasteiger partial charge in [-0.1, -0.05) is 23.4 Å². The van der Waals surface area contributed by atoms with Gasteiger partial charge in [-0.3, -0.25) is 4.99 Å². The highest BCUT2D eigenvalue weighted by Crippen LogP contribution is 2.32. The van der Waals surface area contributed by atoms with E-state index < -0.39 is 5.82 Å². The Kier molecular flexibility index (Phi) is 4.87. The van der Waals surface area contributed by atoms with Crippen LogP contribution in [0.1, 0.15) is 12.8 Å². The summed E-state index contributed by atoms with van der Waals surface area (Å²) in [6.07, 6.45) is 5.77. The van der Waals surface area contributed by atoms with Crippen molar-refractivity contribution in [1.29, 1.82) is 0 Å². The average Bonchev–Trinajstić information content (AvgIpc) is 2.83. The molecule has 5 nitrogen and oxygen atoms in total. The zero-order chi connectivity index (χ0) is 17.6. The fourth-order valence-electron chi connectivity index (χ4n) is 3.22. The van der Waals surface area contributed by atoms with E-state index in [1.807, 2.05) is 12.5 Å². The minimum atomic E-state index is -0.526. The number of ether oxygens (including phenoxy) is 2. The highest BCUT2D eigenvalue weighted by molar-refractivity contribution is 9.10. The maximum Gasteiger partial charge on any atom is 0.182 e. The van der Waals surface area contributed by atoms with Crippen molar-refractivity contribution < 1.29 is 13.9 Å². The van der Waals surface area contributed by atoms with E-state index in [-0.39, 0.29) is 21.3 Å². The molecule has 1 atom stereocenters. The zero-order valence-corrected chi connectivity index (χ0v) is 16.6. The van der Waals surface area contributed by atoms with Crippen LogP contribution < -0.4 is 20.6 Å². The van der Waals surface area contributed by atoms with E-state index in [0.717, 1.165) is 25.3 Å². The van der Waals surface area contributed by atoms with Gasteiger partial charge >= 0.3 is 0 Å². The lowest BCUT2D eigenvalue weighted by atomic mass is 10.1. The second-order valence-electron chi connectivity index (χ2n) is 5.87. The molecule has 9 heteroatoms. The Morgan fingerprint density at radius 2 is 2.36 bits per heavy atom. The second-order valence-corrected chi connectivity index (χ2v) is 7.85. The molecule has 1 aromatic carbocycles. The highest BCUT2D eigenvalue weighted by Gasteiger charge is 2.31. The lowest BCUT2D eigenvalue weighted by molar-refractivity contribution is 0.0483. The summed E-state index contributed by atoms with van der Waals surface area (Å²) in [6, 6.07) is 0.143. The zero-order valence-electron chi connectivity index (χ0n) is 13.4. The van der Waals surface area contributed by atoms with Gasteiger partial charge < -0.3 is 19.7 Å². The Labute approximate surface area is 162 Å². The van der Waals surface area contributed by atoms with E-state index in [0.29, 0.717) is 28.9 Å². The molecule has 4 rings (SSSR count). The molecule has 134 valence electrons. The van der Waals surface area contributed by atoms with Crippen LogP contribution >= 0.6 is 39.3 Å². The first-order valence-corrected chi connectivity index (χ1v) is 10.3. The molecule has 3 heterocycles. The summed E-state index contributed by atoms with van der Waals surface area (Å²) in [7, 11) is 0. The lowest BCUT2D eigenvalue weighted by Crippen LogP contribution is -2.48. The largest absolute Gasteiger partial charge is 0.445 e. The molecule has 0 bridgehead atoms. The van der Waals surface area contributed by atoms with E-state index in [2.05, 4.69) is 31.1 Å². The van der Waals surface area contributed by atoms with Crippen LogP contribution in [-0.2, 0) is 4.74 Å². The molecule has 1 saturated heterocycles. The molecule has 0 spiro atoms. The number of nitrogens with one attached hydrogen (secondary N) is 1. The number of halogens is 3. The van der Waals surface area contributed by atoms with Gasteiger partial charge in [0.05, 0.1) is 38.9 Å². The molecule has 1 unspecified atom stereocenters. The number of hydrogen-bond donors (Lipinski definition) is 1. The molecule has 1 aromatic rings. The summed E-state index contributed by atoms with van der Waals surface area (Å²) in [5.41, 5.74) is 0. The molecule has 0 saturated carbocycles. The fourth-order valence-corrected chi connectivity index (χ4v) is 4.21. The van der Waals surface area contributed by atoms with E-state index in [9.17, 15) is 4.39 Å². The predicted octanol–water partition coefficient (Wildman–Crippen LogP) is 2.52. The Morgan fingerprint density at radius 1 is 1.52 bits per heavy atom. The van der Waals surface area contributed by atoms with Gasteiger partial charge in [0.1, 0.15) is 12.5 Å². The Balaban J connectivity index is 2.01. The maximum absolute atomic E-state index is 14.9. The molecule has 0 aromatic heterocycles. The van der Waals surface area contributed by atoms with E-state index in [4.69, 9.17) is 21.1 Å². The molecular formula is C16H16BrClFN3O2S. The van der Waals surface area contributed by atoms with Crippen LogP contribution in [0.25, 0.3) is 5.82 Å². The second kappa shape index (κ2) is 6.98. The van der Waals surface area contributed by atoms with Crippen molar-refractivity contribution >= 4 is 45.1 Å². The number of nitrogens with zero attached hydrogens (tertiary/aromatic N) is 2. The van der Waals surface area contributed by atoms with Crippen molar-refractivity contribution in [3.05, 3.63) is 37.2 Å². The molecule has 25 heavy (non-hydrogen) atoms. The van der Waals surface area contributed by atoms with Gasteiger partial charge in [0.15, 0.2) is 16.7 Å². The molecular weight excluding hydrogens is 433 g/mol. The molecule has 0 amide bonds. The van der Waals surface area contributed by atoms with Gasteiger partial charge in [-0.25, -0.2) is 4.39 Å². The summed E-state index contributed by atoms with van der Waals surface area (Å²) in [5.74, 6) is 0.367. The number of thioether (sulfide) groups is 1. The van der Waals surface area contributed by atoms with E-state index in [1.165, 1.54) is 11.8 Å². The van der Waals surface area contributed by atoms with Crippen LogP contribution in [0.2, 0.25) is 5.02 Å². The van der Waals surface area contributed by atoms with E-state index in [1.54, 1.807) is 0 Å². The number of benzene rings is 1. The van der Waals surface area contributed by atoms with Crippen molar-refractivity contribution in [2.45, 2.75) is 18.9 Å². The maximum atomic E-state index is 14.9. The first-order chi connectivity index (χ1) is 12.1. The van der Waals surface area contributed by atoms with Crippen molar-refractivity contribution in [2.75, 3.05) is 26.1 Å². The monoisotopic (exact) mass is 447 g/mol. The standard InChI is InChI=1S/C16H16BrClFN3O2S/c1-25-9-5-22(8-3-2-4-23-6-8)16-10-14(20-7-21-16)12(18)11(17)13(19)15(10)24-9/h5,8,21H,2-4,6-7H2,1H3. The van der Waals surface area contributed by atoms with Crippen molar-refractivity contribution in [3.8, 4) is 5.75 Å². The summed E-state index contributed by atoms with van der Waals surface area (Å²) in [5, 5.41) is 5.22. The summed E-state index contributed by atoms with van der Waals surface area (Å²) in [4.78, 5) is 6.51. The summed E-state index contributed by atoms with van der Waals surface area (Å²) >= 11 is 11.0. The van der Waals surface area contributed by atoms with Gasteiger partial charge in [-0.05, 0) is 35.0 Å². The number of rotatable bonds is 2. The Hall–Kier alpha value is -0.960. The third kappa shape index (κ3) is 2.93. The van der Waals surface area contributed by atoms with Gasteiger partial charge in [-0.15, -0.1) is 0 Å². The normalized spacial score (nSPS) is 22.2. The Bertz CT molecular complexity index is 873. The highest BCUT2D eigenvalue weighted by atomic mass is 79.9. The van der Waals surface area contributed by atoms with Gasteiger partial charge in [0, 0.05) is 6.61 Å². The van der Waals surface area contributed by atoms with Gasteiger partial charge in [-0.2, -0.15) is 0 Å². The van der Waals surface area contributed by atoms with Crippen LogP contribution in [0, 0.1) is 5.82 Å². The van der Waals surface area contributed by atoms with Crippen molar-refractivity contribution in [3.63, 3.8) is 0 Å². The molecule has 1 fully saturated rings. The fraction of sp³-hybridized carbons (Fsp3) is 0.438. The molecule has 0 radical (unpaired) electrons. The lowest BCUT2D eigenvalue weighted by Gasteiger charge is -2.35. The number of hydrogen-bond acceptors (Lipinski definition) is 6. The molecule has 0 aliphatic carbocycles. The third-order valence-corrected chi connectivity index (χ3v) is 6.35. The van der Waals surface area contributed by atoms with Gasteiger partial charge in [0.2, 0.25) is 0 Å². The molecule has 1 N–H and O–H groups in total. The topological polar surface area (TPSA) is 46.1 Å². The smallest absolute Gasteiger partial charge is 0.182 e. The Morgan fingerprint density at radius 3 is 3.08 bits per heavy atom. The minimum Gasteiger partial charge on any atom is -0.445 e. The minimum absolute atomic E-state index is 0.136. The summed E-state index contributed by atoms with van der Waals surface area (Å²) < 4.78 is 26.6. The van der Waals surface area contributed by atoms with Crippen LogP contribution in [0.3, 0.4) is 0 Å². The third-order valence-electron chi connectivity index (χ3n) is 4.41. The van der Waals surface area contributed by atoms with E-state index >= 15 is 0 Å². The van der Waals surface area contributed by atoms with Crippen LogP contribution in [-0.4, -0.2) is 37.1 Å². The quantitative estimate of drug-likeness (QED) is 0.705. The first kappa shape index (κ1) is 17.5. The SMILES string of the molecule is CSC1=CN(C2CCCOC2)C2=c3c(c(F)c(Br)c(Cl)c3=NCN2)O1. The van der Waals surface area contributed by atoms with Crippen LogP contribution in [0.4, 0.5) is 4.39 Å².